The molecule has 0 saturated carbocycles. The van der Waals surface area contributed by atoms with E-state index in [1.165, 1.54) is 19.2 Å². The van der Waals surface area contributed by atoms with Crippen LogP contribution < -0.4 is 11.1 Å². The highest BCUT2D eigenvalue weighted by Gasteiger charge is 2.20. The van der Waals surface area contributed by atoms with Crippen LogP contribution in [-0.4, -0.2) is 30.1 Å². The summed E-state index contributed by atoms with van der Waals surface area (Å²) in [4.78, 5) is 38.0. The van der Waals surface area contributed by atoms with E-state index in [1.54, 1.807) is 12.1 Å². The van der Waals surface area contributed by atoms with Crippen LogP contribution in [0.1, 0.15) is 10.4 Å². The first-order chi connectivity index (χ1) is 9.99. The van der Waals surface area contributed by atoms with Crippen LogP contribution in [0.15, 0.2) is 40.2 Å². The lowest BCUT2D eigenvalue weighted by atomic mass is 10.2. The highest BCUT2D eigenvalue weighted by molar-refractivity contribution is 8.18. The summed E-state index contributed by atoms with van der Waals surface area (Å²) in [6, 6.07) is 6.14. The van der Waals surface area contributed by atoms with Crippen LogP contribution in [0.2, 0.25) is 0 Å². The molecule has 1 aliphatic heterocycles. The van der Waals surface area contributed by atoms with Crippen molar-refractivity contribution in [3.63, 3.8) is 0 Å². The molecule has 0 spiro atoms. The zero-order valence-electron chi connectivity index (χ0n) is 11.0. The van der Waals surface area contributed by atoms with Gasteiger partial charge in [0.15, 0.2) is 5.17 Å². The molecule has 0 saturated heterocycles. The van der Waals surface area contributed by atoms with Crippen LogP contribution in [0.25, 0.3) is 0 Å². The molecule has 0 aliphatic carbocycles. The molecule has 1 aromatic rings. The Bertz CT molecular complexity index is 664. The Balaban J connectivity index is 2.02. The highest BCUT2D eigenvalue weighted by atomic mass is 32.2. The molecular formula is C13H11N3O4S. The summed E-state index contributed by atoms with van der Waals surface area (Å²) in [5, 5.41) is 2.68. The number of carbonyl (C=O) groups is 3. The third-order valence-corrected chi connectivity index (χ3v) is 3.29. The molecule has 0 unspecified atom stereocenters. The minimum absolute atomic E-state index is 0.112. The normalized spacial score (nSPS) is 15.8. The van der Waals surface area contributed by atoms with E-state index in [4.69, 9.17) is 5.73 Å². The molecular weight excluding hydrogens is 294 g/mol. The minimum atomic E-state index is -0.534. The lowest BCUT2D eigenvalue weighted by molar-refractivity contribution is -0.115. The fourth-order valence-electron chi connectivity index (χ4n) is 1.53. The molecule has 2 rings (SSSR count). The van der Waals surface area contributed by atoms with Crippen LogP contribution >= 0.6 is 11.8 Å². The van der Waals surface area contributed by atoms with Crippen molar-refractivity contribution >= 4 is 40.4 Å². The van der Waals surface area contributed by atoms with Gasteiger partial charge in [-0.1, -0.05) is 0 Å². The summed E-state index contributed by atoms with van der Waals surface area (Å²) >= 11 is 0.939. The number of methoxy groups -OCH3 is 1. The molecule has 8 heteroatoms. The van der Waals surface area contributed by atoms with Crippen LogP contribution in [0.3, 0.4) is 0 Å². The van der Waals surface area contributed by atoms with E-state index in [9.17, 15) is 14.4 Å². The Morgan fingerprint density at radius 3 is 2.52 bits per heavy atom. The number of amides is 2. The van der Waals surface area contributed by atoms with Crippen molar-refractivity contribution in [3.8, 4) is 0 Å². The molecule has 0 aromatic heterocycles. The van der Waals surface area contributed by atoms with Gasteiger partial charge in [0.05, 0.1) is 17.6 Å². The number of nitrogens with one attached hydrogen (secondary N) is 1. The van der Waals surface area contributed by atoms with E-state index >= 15 is 0 Å². The maximum Gasteiger partial charge on any atom is 0.337 e. The highest BCUT2D eigenvalue weighted by Crippen LogP contribution is 2.23. The number of anilines is 1. The molecule has 7 nitrogen and oxygen atoms in total. The van der Waals surface area contributed by atoms with Crippen LogP contribution in [0.5, 0.6) is 0 Å². The van der Waals surface area contributed by atoms with E-state index in [-0.39, 0.29) is 10.1 Å². The van der Waals surface area contributed by atoms with Gasteiger partial charge in [0.2, 0.25) is 5.91 Å². The van der Waals surface area contributed by atoms with Crippen LogP contribution in [0, 0.1) is 0 Å². The van der Waals surface area contributed by atoms with Crippen molar-refractivity contribution in [1.82, 2.24) is 0 Å². The minimum Gasteiger partial charge on any atom is -0.465 e. The van der Waals surface area contributed by atoms with Gasteiger partial charge in [0.1, 0.15) is 0 Å². The molecule has 0 radical (unpaired) electrons. The first-order valence-electron chi connectivity index (χ1n) is 5.77. The van der Waals surface area contributed by atoms with Crippen LogP contribution in [0.4, 0.5) is 5.69 Å². The number of esters is 1. The largest absolute Gasteiger partial charge is 0.465 e. The molecule has 1 heterocycles. The van der Waals surface area contributed by atoms with E-state index in [1.807, 2.05) is 0 Å². The topological polar surface area (TPSA) is 111 Å². The lowest BCUT2D eigenvalue weighted by Crippen LogP contribution is -2.10. The Kier molecular flexibility index (Phi) is 4.39. The quantitative estimate of drug-likeness (QED) is 0.633. The van der Waals surface area contributed by atoms with Crippen molar-refractivity contribution in [2.45, 2.75) is 0 Å². The van der Waals surface area contributed by atoms with Crippen molar-refractivity contribution < 1.29 is 19.1 Å². The van der Waals surface area contributed by atoms with Gasteiger partial charge in [-0.25, -0.2) is 4.79 Å². The van der Waals surface area contributed by atoms with E-state index in [0.29, 0.717) is 11.3 Å². The number of hydrogen-bond acceptors (Lipinski definition) is 6. The summed E-state index contributed by atoms with van der Waals surface area (Å²) in [6.07, 6.45) is 1.13. The summed E-state index contributed by atoms with van der Waals surface area (Å²) in [6.45, 7) is 0. The molecule has 3 N–H and O–H groups in total. The number of benzene rings is 1. The number of carbonyl (C=O) groups excluding carboxylic acids is 3. The van der Waals surface area contributed by atoms with Crippen molar-refractivity contribution in [2.24, 2.45) is 10.7 Å². The number of aliphatic imine (C=N–C) groups is 1. The number of nitrogens with two attached hydrogens (primary N) is 1. The van der Waals surface area contributed by atoms with Gasteiger partial charge in [-0.3, -0.25) is 9.59 Å². The average Bonchev–Trinajstić information content (AvgIpc) is 2.76. The Morgan fingerprint density at radius 1 is 1.33 bits per heavy atom. The van der Waals surface area contributed by atoms with E-state index < -0.39 is 17.8 Å². The number of rotatable bonds is 3. The molecule has 2 amide bonds. The lowest BCUT2D eigenvalue weighted by Gasteiger charge is -2.04. The standard InChI is InChI=1S/C13H11N3O4S/c1-20-12(19)7-2-4-8(5-3-7)15-10(17)6-9-11(18)16-13(14)21-9/h2-6H,1H3,(H,15,17)(H2,14,16,18)/b9-6+. The van der Waals surface area contributed by atoms with Gasteiger partial charge in [0.25, 0.3) is 5.91 Å². The molecule has 1 aromatic carbocycles. The van der Waals surface area contributed by atoms with Crippen molar-refractivity contribution in [3.05, 3.63) is 40.8 Å². The van der Waals surface area contributed by atoms with Crippen molar-refractivity contribution in [2.75, 3.05) is 12.4 Å². The third kappa shape index (κ3) is 3.69. The second kappa shape index (κ2) is 6.23. The summed E-state index contributed by atoms with van der Waals surface area (Å²) in [5.41, 5.74) is 6.23. The molecule has 21 heavy (non-hydrogen) atoms. The monoisotopic (exact) mass is 305 g/mol. The SMILES string of the molecule is COC(=O)c1ccc(NC(=O)/C=C2/SC(N)=NC2=O)cc1. The number of amidine groups is 1. The van der Waals surface area contributed by atoms with Gasteiger partial charge < -0.3 is 15.8 Å². The maximum atomic E-state index is 11.8. The van der Waals surface area contributed by atoms with Crippen molar-refractivity contribution in [1.29, 1.82) is 0 Å². The fourth-order valence-corrected chi connectivity index (χ4v) is 2.18. The first kappa shape index (κ1) is 14.8. The Morgan fingerprint density at radius 2 is 2.00 bits per heavy atom. The van der Waals surface area contributed by atoms with Gasteiger partial charge >= 0.3 is 5.97 Å². The second-order valence-electron chi connectivity index (χ2n) is 3.92. The third-order valence-electron chi connectivity index (χ3n) is 2.47. The first-order valence-corrected chi connectivity index (χ1v) is 6.58. The number of ether oxygens (including phenoxy) is 1. The molecule has 0 bridgehead atoms. The molecule has 0 atom stereocenters. The number of thioether (sulfide) groups is 1. The van der Waals surface area contributed by atoms with E-state index in [2.05, 4.69) is 15.0 Å². The summed E-state index contributed by atoms with van der Waals surface area (Å²) in [5.74, 6) is -1.48. The van der Waals surface area contributed by atoms with Gasteiger partial charge in [-0.05, 0) is 36.0 Å². The average molecular weight is 305 g/mol. The number of hydrogen-bond donors (Lipinski definition) is 2. The Labute approximate surface area is 124 Å². The Hall–Kier alpha value is -2.61. The van der Waals surface area contributed by atoms with Crippen LogP contribution in [-0.2, 0) is 14.3 Å². The van der Waals surface area contributed by atoms with Gasteiger partial charge in [-0.15, -0.1) is 0 Å². The summed E-state index contributed by atoms with van der Waals surface area (Å²) in [7, 11) is 1.29. The fraction of sp³-hybridized carbons (Fsp3) is 0.0769. The van der Waals surface area contributed by atoms with Gasteiger partial charge in [0, 0.05) is 11.8 Å². The summed E-state index contributed by atoms with van der Waals surface area (Å²) < 4.78 is 4.57. The van der Waals surface area contributed by atoms with Gasteiger partial charge in [-0.2, -0.15) is 4.99 Å². The maximum absolute atomic E-state index is 11.8. The molecule has 1 aliphatic rings. The second-order valence-corrected chi connectivity index (χ2v) is 4.99. The number of nitrogens with zero attached hydrogens (tertiary/aromatic N) is 1. The zero-order valence-corrected chi connectivity index (χ0v) is 11.8. The predicted molar refractivity (Wildman–Crippen MR) is 78.7 cm³/mol. The smallest absolute Gasteiger partial charge is 0.337 e. The van der Waals surface area contributed by atoms with E-state index in [0.717, 1.165) is 17.8 Å². The zero-order chi connectivity index (χ0) is 15.4. The molecule has 0 fully saturated rings. The molecule has 108 valence electrons. The predicted octanol–water partition coefficient (Wildman–Crippen LogP) is 0.884.